The number of aromatic nitrogens is 4. The fourth-order valence-electron chi connectivity index (χ4n) is 3.12. The molecule has 1 aromatic carbocycles. The lowest BCUT2D eigenvalue weighted by atomic mass is 9.85. The highest BCUT2D eigenvalue weighted by Gasteiger charge is 2.27. The van der Waals surface area contributed by atoms with E-state index < -0.39 is 6.10 Å². The van der Waals surface area contributed by atoms with E-state index in [1.165, 1.54) is 19.3 Å². The molecule has 0 spiro atoms. The molecule has 1 atom stereocenters. The number of aliphatic hydroxyl groups is 1. The molecule has 6 nitrogen and oxygen atoms in total. The van der Waals surface area contributed by atoms with Gasteiger partial charge in [-0.1, -0.05) is 19.3 Å². The van der Waals surface area contributed by atoms with Gasteiger partial charge >= 0.3 is 0 Å². The zero-order valence-electron chi connectivity index (χ0n) is 13.2. The number of benzene rings is 1. The third-order valence-corrected chi connectivity index (χ3v) is 4.47. The average molecular weight is 301 g/mol. The predicted octanol–water partition coefficient (Wildman–Crippen LogP) is 2.34. The van der Waals surface area contributed by atoms with Crippen LogP contribution in [0, 0.1) is 5.92 Å². The average Bonchev–Trinajstić information content (AvgIpc) is 3.04. The van der Waals surface area contributed by atoms with E-state index in [9.17, 15) is 5.11 Å². The standard InChI is InChI=1S/C16H23N5O/c1-20(2)13-8-10-14(11-9-13)21-16(17-18-19-21)15(22)12-6-4-3-5-7-12/h8-12,15,22H,3-7H2,1-2H3/t15-/m0/s1. The van der Waals surface area contributed by atoms with Gasteiger partial charge in [-0.2, -0.15) is 4.68 Å². The van der Waals surface area contributed by atoms with Gasteiger partial charge in [-0.05, 0) is 53.5 Å². The summed E-state index contributed by atoms with van der Waals surface area (Å²) >= 11 is 0. The summed E-state index contributed by atoms with van der Waals surface area (Å²) in [6.07, 6.45) is 5.13. The zero-order valence-corrected chi connectivity index (χ0v) is 13.2. The van der Waals surface area contributed by atoms with Gasteiger partial charge in [-0.15, -0.1) is 5.10 Å². The van der Waals surface area contributed by atoms with Crippen LogP contribution in [0.2, 0.25) is 0 Å². The van der Waals surface area contributed by atoms with Gasteiger partial charge in [0.05, 0.1) is 5.69 Å². The first kappa shape index (κ1) is 15.0. The van der Waals surface area contributed by atoms with Crippen LogP contribution in [-0.4, -0.2) is 39.4 Å². The molecule has 0 aliphatic heterocycles. The molecule has 22 heavy (non-hydrogen) atoms. The molecule has 1 aromatic heterocycles. The molecule has 0 amide bonds. The molecular weight excluding hydrogens is 278 g/mol. The second-order valence-corrected chi connectivity index (χ2v) is 6.20. The second kappa shape index (κ2) is 6.44. The van der Waals surface area contributed by atoms with Crippen LogP contribution in [0.3, 0.4) is 0 Å². The Balaban J connectivity index is 1.84. The number of aliphatic hydroxyl groups excluding tert-OH is 1. The van der Waals surface area contributed by atoms with Gasteiger partial charge in [0, 0.05) is 19.8 Å². The van der Waals surface area contributed by atoms with Crippen molar-refractivity contribution in [2.45, 2.75) is 38.2 Å². The summed E-state index contributed by atoms with van der Waals surface area (Å²) in [5.74, 6) is 0.809. The fourth-order valence-corrected chi connectivity index (χ4v) is 3.12. The van der Waals surface area contributed by atoms with E-state index in [2.05, 4.69) is 15.5 Å². The zero-order chi connectivity index (χ0) is 15.5. The molecule has 0 bridgehead atoms. The summed E-state index contributed by atoms with van der Waals surface area (Å²) in [7, 11) is 4.01. The lowest BCUT2D eigenvalue weighted by Gasteiger charge is -2.25. The van der Waals surface area contributed by atoms with Crippen LogP contribution >= 0.6 is 0 Å². The highest BCUT2D eigenvalue weighted by molar-refractivity contribution is 5.49. The van der Waals surface area contributed by atoms with Crippen molar-refractivity contribution in [2.75, 3.05) is 19.0 Å². The van der Waals surface area contributed by atoms with Gasteiger partial charge < -0.3 is 10.0 Å². The molecule has 0 saturated heterocycles. The normalized spacial score (nSPS) is 17.4. The van der Waals surface area contributed by atoms with E-state index in [0.717, 1.165) is 24.2 Å². The van der Waals surface area contributed by atoms with E-state index in [1.54, 1.807) is 4.68 Å². The van der Waals surface area contributed by atoms with Crippen molar-refractivity contribution >= 4 is 5.69 Å². The number of hydrogen-bond acceptors (Lipinski definition) is 5. The quantitative estimate of drug-likeness (QED) is 0.939. The lowest BCUT2D eigenvalue weighted by Crippen LogP contribution is -2.20. The summed E-state index contributed by atoms with van der Waals surface area (Å²) in [6.45, 7) is 0. The van der Waals surface area contributed by atoms with Crippen LogP contribution in [0.1, 0.15) is 44.0 Å². The Kier molecular flexibility index (Phi) is 4.38. The number of hydrogen-bond donors (Lipinski definition) is 1. The van der Waals surface area contributed by atoms with Crippen molar-refractivity contribution in [2.24, 2.45) is 5.92 Å². The van der Waals surface area contributed by atoms with E-state index in [-0.39, 0.29) is 5.92 Å². The van der Waals surface area contributed by atoms with E-state index >= 15 is 0 Å². The second-order valence-electron chi connectivity index (χ2n) is 6.20. The van der Waals surface area contributed by atoms with Crippen molar-refractivity contribution in [3.63, 3.8) is 0 Å². The molecule has 0 unspecified atom stereocenters. The molecule has 0 radical (unpaired) electrons. The van der Waals surface area contributed by atoms with Crippen LogP contribution in [0.25, 0.3) is 5.69 Å². The highest BCUT2D eigenvalue weighted by atomic mass is 16.3. The van der Waals surface area contributed by atoms with Crippen LogP contribution in [-0.2, 0) is 0 Å². The Morgan fingerprint density at radius 3 is 2.45 bits per heavy atom. The minimum Gasteiger partial charge on any atom is -0.385 e. The Hall–Kier alpha value is -1.95. The highest BCUT2D eigenvalue weighted by Crippen LogP contribution is 2.33. The van der Waals surface area contributed by atoms with Gasteiger partial charge in [0.25, 0.3) is 0 Å². The van der Waals surface area contributed by atoms with Gasteiger partial charge in [0.1, 0.15) is 6.10 Å². The topological polar surface area (TPSA) is 67.1 Å². The molecule has 6 heteroatoms. The smallest absolute Gasteiger partial charge is 0.185 e. The number of tetrazole rings is 1. The maximum Gasteiger partial charge on any atom is 0.185 e. The van der Waals surface area contributed by atoms with Gasteiger partial charge in [0.2, 0.25) is 0 Å². The summed E-state index contributed by atoms with van der Waals surface area (Å²) in [6, 6.07) is 7.99. The van der Waals surface area contributed by atoms with E-state index in [1.807, 2.05) is 43.3 Å². The number of anilines is 1. The first-order valence-electron chi connectivity index (χ1n) is 7.91. The van der Waals surface area contributed by atoms with Crippen LogP contribution < -0.4 is 4.90 Å². The molecule has 1 aliphatic carbocycles. The molecule has 1 saturated carbocycles. The lowest BCUT2D eigenvalue weighted by molar-refractivity contribution is 0.0750. The van der Waals surface area contributed by atoms with E-state index in [4.69, 9.17) is 0 Å². The fraction of sp³-hybridized carbons (Fsp3) is 0.562. The third kappa shape index (κ3) is 2.97. The van der Waals surface area contributed by atoms with Crippen molar-refractivity contribution in [1.29, 1.82) is 0 Å². The van der Waals surface area contributed by atoms with Crippen LogP contribution in [0.15, 0.2) is 24.3 Å². The number of nitrogens with zero attached hydrogens (tertiary/aromatic N) is 5. The molecule has 1 heterocycles. The summed E-state index contributed by atoms with van der Waals surface area (Å²) < 4.78 is 1.65. The van der Waals surface area contributed by atoms with Crippen LogP contribution in [0.4, 0.5) is 5.69 Å². The summed E-state index contributed by atoms with van der Waals surface area (Å²) in [4.78, 5) is 2.04. The van der Waals surface area contributed by atoms with Crippen molar-refractivity contribution in [3.05, 3.63) is 30.1 Å². The van der Waals surface area contributed by atoms with Gasteiger partial charge in [-0.3, -0.25) is 0 Å². The first-order chi connectivity index (χ1) is 10.7. The molecule has 1 fully saturated rings. The predicted molar refractivity (Wildman–Crippen MR) is 85.0 cm³/mol. The Bertz CT molecular complexity index is 601. The first-order valence-corrected chi connectivity index (χ1v) is 7.91. The molecule has 3 rings (SSSR count). The molecule has 1 N–H and O–H groups in total. The molecule has 2 aromatic rings. The maximum atomic E-state index is 10.6. The van der Waals surface area contributed by atoms with Crippen LogP contribution in [0.5, 0.6) is 0 Å². The monoisotopic (exact) mass is 301 g/mol. The Morgan fingerprint density at radius 2 is 1.82 bits per heavy atom. The molecule has 1 aliphatic rings. The van der Waals surface area contributed by atoms with Gasteiger partial charge in [0.15, 0.2) is 5.82 Å². The van der Waals surface area contributed by atoms with Gasteiger partial charge in [-0.25, -0.2) is 0 Å². The Morgan fingerprint density at radius 1 is 1.14 bits per heavy atom. The molecular formula is C16H23N5O. The Labute approximate surface area is 130 Å². The van der Waals surface area contributed by atoms with E-state index in [0.29, 0.717) is 5.82 Å². The SMILES string of the molecule is CN(C)c1ccc(-n2nnnc2[C@@H](O)C2CCCCC2)cc1. The summed E-state index contributed by atoms with van der Waals surface area (Å²) in [5.41, 5.74) is 1.99. The minimum absolute atomic E-state index is 0.263. The van der Waals surface area contributed by atoms with Crippen molar-refractivity contribution in [1.82, 2.24) is 20.2 Å². The molecule has 118 valence electrons. The largest absolute Gasteiger partial charge is 0.385 e. The maximum absolute atomic E-state index is 10.6. The van der Waals surface area contributed by atoms with Crippen molar-refractivity contribution < 1.29 is 5.11 Å². The van der Waals surface area contributed by atoms with Crippen molar-refractivity contribution in [3.8, 4) is 5.69 Å². The summed E-state index contributed by atoms with van der Waals surface area (Å²) in [5, 5.41) is 22.5. The number of rotatable bonds is 4. The third-order valence-electron chi connectivity index (χ3n) is 4.47. The minimum atomic E-state index is -0.594.